The predicted octanol–water partition coefficient (Wildman–Crippen LogP) is 3.25. The van der Waals surface area contributed by atoms with Crippen molar-refractivity contribution in [2.75, 3.05) is 0 Å². The summed E-state index contributed by atoms with van der Waals surface area (Å²) in [7, 11) is 0. The molecule has 0 amide bonds. The molecule has 30 heavy (non-hydrogen) atoms. The lowest BCUT2D eigenvalue weighted by molar-refractivity contribution is -0.158. The summed E-state index contributed by atoms with van der Waals surface area (Å²) in [5.74, 6) is 0.0668. The van der Waals surface area contributed by atoms with Gasteiger partial charge in [-0.05, 0) is 17.7 Å². The number of alkyl halides is 2. The molecule has 0 aliphatic rings. The fourth-order valence-corrected chi connectivity index (χ4v) is 2.95. The van der Waals surface area contributed by atoms with Crippen LogP contribution >= 0.6 is 0 Å². The SMILES string of the molecule is CC(F)(F)Oc1cccc(Oc2nc3[nH]c(=O)[nH]c(=O)c3n2Cc2ccccc2)c1. The Hall–Kier alpha value is -3.95. The van der Waals surface area contributed by atoms with E-state index in [0.29, 0.717) is 6.92 Å². The average Bonchev–Trinajstić information content (AvgIpc) is 2.98. The van der Waals surface area contributed by atoms with Crippen LogP contribution in [-0.4, -0.2) is 25.6 Å². The largest absolute Gasteiger partial charge is 0.433 e. The van der Waals surface area contributed by atoms with Gasteiger partial charge in [0.15, 0.2) is 11.2 Å². The number of imidazole rings is 1. The third kappa shape index (κ3) is 4.22. The van der Waals surface area contributed by atoms with E-state index in [1.54, 1.807) is 0 Å². The van der Waals surface area contributed by atoms with Crippen LogP contribution in [0.4, 0.5) is 8.78 Å². The van der Waals surface area contributed by atoms with Gasteiger partial charge in [0.1, 0.15) is 11.5 Å². The highest BCUT2D eigenvalue weighted by Gasteiger charge is 2.23. The van der Waals surface area contributed by atoms with E-state index in [9.17, 15) is 18.4 Å². The lowest BCUT2D eigenvalue weighted by Gasteiger charge is -2.14. The highest BCUT2D eigenvalue weighted by Crippen LogP contribution is 2.29. The van der Waals surface area contributed by atoms with Gasteiger partial charge >= 0.3 is 17.8 Å². The monoisotopic (exact) mass is 414 g/mol. The summed E-state index contributed by atoms with van der Waals surface area (Å²) < 4.78 is 38.1. The topological polar surface area (TPSA) is 102 Å². The van der Waals surface area contributed by atoms with Crippen LogP contribution < -0.4 is 20.7 Å². The first kappa shape index (κ1) is 19.4. The third-order valence-electron chi connectivity index (χ3n) is 4.10. The van der Waals surface area contributed by atoms with Gasteiger partial charge < -0.3 is 9.47 Å². The number of H-pyrrole nitrogens is 2. The molecule has 0 fully saturated rings. The third-order valence-corrected chi connectivity index (χ3v) is 4.10. The van der Waals surface area contributed by atoms with E-state index < -0.39 is 17.4 Å². The van der Waals surface area contributed by atoms with Crippen LogP contribution in [0.5, 0.6) is 17.5 Å². The Bertz CT molecular complexity index is 1310. The Balaban J connectivity index is 1.78. The van der Waals surface area contributed by atoms with Crippen LogP contribution in [-0.2, 0) is 6.54 Å². The van der Waals surface area contributed by atoms with E-state index in [2.05, 4.69) is 19.7 Å². The van der Waals surface area contributed by atoms with Crippen molar-refractivity contribution in [1.29, 1.82) is 0 Å². The molecule has 8 nitrogen and oxygen atoms in total. The fraction of sp³-hybridized carbons (Fsp3) is 0.150. The number of nitrogens with one attached hydrogen (secondary N) is 2. The molecular formula is C20H16F2N4O4. The molecular weight excluding hydrogens is 398 g/mol. The summed E-state index contributed by atoms with van der Waals surface area (Å²) in [5.41, 5.74) is -0.322. The molecule has 2 aromatic carbocycles. The maximum Gasteiger partial charge on any atom is 0.394 e. The fourth-order valence-electron chi connectivity index (χ4n) is 2.95. The first-order valence-corrected chi connectivity index (χ1v) is 8.90. The molecule has 0 spiro atoms. The number of halogens is 2. The van der Waals surface area contributed by atoms with Crippen LogP contribution in [0, 0.1) is 0 Å². The van der Waals surface area contributed by atoms with Crippen molar-refractivity contribution >= 4 is 11.2 Å². The molecule has 10 heteroatoms. The summed E-state index contributed by atoms with van der Waals surface area (Å²) >= 11 is 0. The van der Waals surface area contributed by atoms with E-state index >= 15 is 0 Å². The molecule has 4 rings (SSSR count). The summed E-state index contributed by atoms with van der Waals surface area (Å²) in [4.78, 5) is 32.9. The number of rotatable bonds is 6. The quantitative estimate of drug-likeness (QED) is 0.504. The van der Waals surface area contributed by atoms with Gasteiger partial charge in [-0.1, -0.05) is 36.4 Å². The molecule has 0 atom stereocenters. The van der Waals surface area contributed by atoms with Gasteiger partial charge in [-0.25, -0.2) is 4.79 Å². The number of nitrogens with zero attached hydrogens (tertiary/aromatic N) is 2. The molecule has 0 radical (unpaired) electrons. The molecule has 0 saturated heterocycles. The number of hydrogen-bond acceptors (Lipinski definition) is 5. The number of aromatic amines is 2. The number of hydrogen-bond donors (Lipinski definition) is 2. The number of aromatic nitrogens is 4. The van der Waals surface area contributed by atoms with Gasteiger partial charge in [-0.3, -0.25) is 19.3 Å². The molecule has 0 aliphatic heterocycles. The smallest absolute Gasteiger partial charge is 0.394 e. The molecule has 2 heterocycles. The van der Waals surface area contributed by atoms with Crippen molar-refractivity contribution in [2.45, 2.75) is 19.6 Å². The Morgan fingerprint density at radius 2 is 1.77 bits per heavy atom. The van der Waals surface area contributed by atoms with Crippen molar-refractivity contribution in [2.24, 2.45) is 0 Å². The maximum atomic E-state index is 13.1. The van der Waals surface area contributed by atoms with E-state index in [4.69, 9.17) is 4.74 Å². The minimum Gasteiger partial charge on any atom is -0.433 e. The standard InChI is InChI=1S/C20H16F2N4O4/c1-20(21,22)30-14-9-5-8-13(10-14)29-19-24-16-15(17(27)25-18(28)23-16)26(19)11-12-6-3-2-4-7-12/h2-10H,11H2,1H3,(H2,23,25,27,28). The summed E-state index contributed by atoms with van der Waals surface area (Å²) in [6, 6.07) is 14.9. The molecule has 4 aromatic rings. The number of fused-ring (bicyclic) bond motifs is 1. The lowest BCUT2D eigenvalue weighted by Crippen LogP contribution is -2.23. The highest BCUT2D eigenvalue weighted by atomic mass is 19.3. The molecule has 0 aliphatic carbocycles. The molecule has 0 unspecified atom stereocenters. The summed E-state index contributed by atoms with van der Waals surface area (Å²) in [5, 5.41) is 0. The maximum absolute atomic E-state index is 13.1. The number of ether oxygens (including phenoxy) is 2. The van der Waals surface area contributed by atoms with Crippen molar-refractivity contribution in [3.63, 3.8) is 0 Å². The zero-order chi connectivity index (χ0) is 21.3. The first-order chi connectivity index (χ1) is 14.3. The zero-order valence-electron chi connectivity index (χ0n) is 15.7. The van der Waals surface area contributed by atoms with Crippen molar-refractivity contribution in [3.8, 4) is 17.5 Å². The second kappa shape index (κ2) is 7.47. The Morgan fingerprint density at radius 3 is 2.50 bits per heavy atom. The second-order valence-corrected chi connectivity index (χ2v) is 6.56. The highest BCUT2D eigenvalue weighted by molar-refractivity contribution is 5.71. The summed E-state index contributed by atoms with van der Waals surface area (Å²) in [6.45, 7) is 0.855. The molecule has 2 aromatic heterocycles. The Kier molecular flexibility index (Phi) is 4.82. The average molecular weight is 414 g/mol. The van der Waals surface area contributed by atoms with Crippen LogP contribution in [0.15, 0.2) is 64.2 Å². The van der Waals surface area contributed by atoms with Gasteiger partial charge in [-0.15, -0.1) is 0 Å². The molecule has 0 saturated carbocycles. The van der Waals surface area contributed by atoms with Crippen LogP contribution in [0.25, 0.3) is 11.2 Å². The van der Waals surface area contributed by atoms with Gasteiger partial charge in [0.05, 0.1) is 6.54 Å². The predicted molar refractivity (Wildman–Crippen MR) is 104 cm³/mol. The van der Waals surface area contributed by atoms with E-state index in [1.165, 1.54) is 28.8 Å². The van der Waals surface area contributed by atoms with Crippen molar-refractivity contribution in [3.05, 3.63) is 81.0 Å². The van der Waals surface area contributed by atoms with E-state index in [1.807, 2.05) is 30.3 Å². The van der Waals surface area contributed by atoms with Gasteiger partial charge in [-0.2, -0.15) is 13.8 Å². The minimum absolute atomic E-state index is 0.00149. The van der Waals surface area contributed by atoms with Crippen molar-refractivity contribution < 1.29 is 18.3 Å². The van der Waals surface area contributed by atoms with E-state index in [-0.39, 0.29) is 35.2 Å². The molecule has 2 N–H and O–H groups in total. The van der Waals surface area contributed by atoms with Gasteiger partial charge in [0.2, 0.25) is 0 Å². The summed E-state index contributed by atoms with van der Waals surface area (Å²) in [6.07, 6.45) is -3.36. The Labute approximate surface area is 167 Å². The van der Waals surface area contributed by atoms with Crippen LogP contribution in [0.1, 0.15) is 12.5 Å². The van der Waals surface area contributed by atoms with Gasteiger partial charge in [0, 0.05) is 13.0 Å². The normalized spacial score (nSPS) is 11.6. The van der Waals surface area contributed by atoms with E-state index in [0.717, 1.165) is 5.56 Å². The Morgan fingerprint density at radius 1 is 1.03 bits per heavy atom. The minimum atomic E-state index is -3.36. The molecule has 154 valence electrons. The number of benzene rings is 2. The van der Waals surface area contributed by atoms with Gasteiger partial charge in [0.25, 0.3) is 5.56 Å². The zero-order valence-corrected chi connectivity index (χ0v) is 15.7. The molecule has 0 bridgehead atoms. The van der Waals surface area contributed by atoms with Crippen LogP contribution in [0.2, 0.25) is 0 Å². The van der Waals surface area contributed by atoms with Crippen LogP contribution in [0.3, 0.4) is 0 Å². The van der Waals surface area contributed by atoms with Crippen molar-refractivity contribution in [1.82, 2.24) is 19.5 Å². The second-order valence-electron chi connectivity index (χ2n) is 6.56. The first-order valence-electron chi connectivity index (χ1n) is 8.90. The lowest BCUT2D eigenvalue weighted by atomic mass is 10.2.